The number of nitrogens with one attached hydrogen (secondary N) is 3. The van der Waals surface area contributed by atoms with Gasteiger partial charge in [-0.1, -0.05) is 24.2 Å². The zero-order chi connectivity index (χ0) is 16.0. The van der Waals surface area contributed by atoms with Crippen LogP contribution in [0.1, 0.15) is 56.4 Å². The molecule has 1 fully saturated rings. The third-order valence-electron chi connectivity index (χ3n) is 5.08. The molecule has 1 spiro atoms. The lowest BCUT2D eigenvalue weighted by Crippen LogP contribution is -2.52. The van der Waals surface area contributed by atoms with Crippen LogP contribution in [0, 0.1) is 0 Å². The van der Waals surface area contributed by atoms with Gasteiger partial charge in [0.25, 0.3) is 5.91 Å². The molecule has 4 rings (SSSR count). The van der Waals surface area contributed by atoms with Crippen molar-refractivity contribution in [1.82, 2.24) is 14.9 Å². The van der Waals surface area contributed by atoms with Crippen LogP contribution in [-0.2, 0) is 5.54 Å². The Kier molecular flexibility index (Phi) is 3.28. The van der Waals surface area contributed by atoms with E-state index in [0.29, 0.717) is 6.04 Å². The van der Waals surface area contributed by atoms with Gasteiger partial charge in [0, 0.05) is 6.54 Å². The number of anilines is 1. The minimum absolute atomic E-state index is 0.00724. The lowest BCUT2D eigenvalue weighted by Gasteiger charge is -2.42. The second-order valence-corrected chi connectivity index (χ2v) is 7.16. The fourth-order valence-corrected chi connectivity index (χ4v) is 4.04. The summed E-state index contributed by atoms with van der Waals surface area (Å²) in [6.45, 7) is 4.89. The zero-order valence-corrected chi connectivity index (χ0v) is 13.8. The van der Waals surface area contributed by atoms with Gasteiger partial charge in [0.05, 0.1) is 23.2 Å². The first-order valence-electron chi connectivity index (χ1n) is 8.58. The van der Waals surface area contributed by atoms with Gasteiger partial charge in [-0.15, -0.1) is 0 Å². The van der Waals surface area contributed by atoms with Crippen LogP contribution in [0.25, 0.3) is 11.0 Å². The molecule has 0 saturated heterocycles. The van der Waals surface area contributed by atoms with E-state index in [0.717, 1.165) is 42.1 Å². The topological polar surface area (TPSA) is 73.1 Å². The summed E-state index contributed by atoms with van der Waals surface area (Å²) < 4.78 is 2.22. The molecule has 2 aromatic heterocycles. The molecule has 3 N–H and O–H groups in total. The second-order valence-electron chi connectivity index (χ2n) is 7.16. The van der Waals surface area contributed by atoms with Crippen LogP contribution in [0.2, 0.25) is 0 Å². The fraction of sp³-hybridized carbons (Fsp3) is 0.588. The Hall–Kier alpha value is -2.11. The van der Waals surface area contributed by atoms with Gasteiger partial charge in [-0.05, 0) is 32.8 Å². The molecule has 6 nitrogen and oxygen atoms in total. The number of aromatic nitrogens is 3. The van der Waals surface area contributed by atoms with Gasteiger partial charge >= 0.3 is 5.95 Å². The van der Waals surface area contributed by atoms with Gasteiger partial charge in [0.2, 0.25) is 5.65 Å². The lowest BCUT2D eigenvalue weighted by molar-refractivity contribution is -0.363. The Balaban J connectivity index is 1.90. The smallest absolute Gasteiger partial charge is 0.348 e. The van der Waals surface area contributed by atoms with Gasteiger partial charge in [0.1, 0.15) is 5.69 Å². The first-order valence-corrected chi connectivity index (χ1v) is 8.58. The number of carbonyl (C=O) groups excluding carboxylic acids is 1. The maximum absolute atomic E-state index is 12.4. The van der Waals surface area contributed by atoms with Crippen LogP contribution in [-0.4, -0.2) is 28.0 Å². The molecule has 0 atom stereocenters. The van der Waals surface area contributed by atoms with Crippen molar-refractivity contribution in [3.63, 3.8) is 0 Å². The number of fused-ring (bicyclic) bond motifs is 4. The van der Waals surface area contributed by atoms with Crippen LogP contribution in [0.3, 0.4) is 0 Å². The molecule has 1 saturated carbocycles. The second kappa shape index (κ2) is 5.22. The third kappa shape index (κ3) is 2.28. The molecule has 3 heterocycles. The number of aromatic amines is 1. The van der Waals surface area contributed by atoms with Crippen molar-refractivity contribution in [2.45, 2.75) is 57.5 Å². The first-order chi connectivity index (χ1) is 11.1. The molecule has 1 aliphatic carbocycles. The fourth-order valence-electron chi connectivity index (χ4n) is 4.04. The molecule has 0 aromatic carbocycles. The molecule has 1 amide bonds. The first kappa shape index (κ1) is 14.5. The van der Waals surface area contributed by atoms with Gasteiger partial charge in [-0.25, -0.2) is 4.98 Å². The Labute approximate surface area is 135 Å². The SMILES string of the molecule is CC(C)Nc1nc2c(c[nH+]1)cc1n2C2(CCCCC2)CNC1=O. The maximum atomic E-state index is 12.4. The highest BCUT2D eigenvalue weighted by Gasteiger charge is 2.42. The molecule has 0 unspecified atom stereocenters. The van der Waals surface area contributed by atoms with Crippen molar-refractivity contribution < 1.29 is 9.78 Å². The summed E-state index contributed by atoms with van der Waals surface area (Å²) in [5.74, 6) is 0.767. The molecule has 0 bridgehead atoms. The van der Waals surface area contributed by atoms with Crippen molar-refractivity contribution in [2.24, 2.45) is 0 Å². The van der Waals surface area contributed by atoms with Crippen LogP contribution in [0.5, 0.6) is 0 Å². The summed E-state index contributed by atoms with van der Waals surface area (Å²) in [5, 5.41) is 7.41. The largest absolute Gasteiger partial charge is 0.391 e. The van der Waals surface area contributed by atoms with Crippen molar-refractivity contribution >= 4 is 22.9 Å². The van der Waals surface area contributed by atoms with E-state index in [2.05, 4.69) is 34.0 Å². The van der Waals surface area contributed by atoms with Crippen LogP contribution < -0.4 is 15.6 Å². The van der Waals surface area contributed by atoms with E-state index < -0.39 is 0 Å². The van der Waals surface area contributed by atoms with Crippen LogP contribution in [0.4, 0.5) is 5.95 Å². The molecule has 23 heavy (non-hydrogen) atoms. The number of rotatable bonds is 2. The Morgan fingerprint density at radius 3 is 2.87 bits per heavy atom. The van der Waals surface area contributed by atoms with E-state index in [1.165, 1.54) is 19.3 Å². The summed E-state index contributed by atoms with van der Waals surface area (Å²) in [6, 6.07) is 2.27. The summed E-state index contributed by atoms with van der Waals surface area (Å²) in [5.41, 5.74) is 1.65. The van der Waals surface area contributed by atoms with Crippen molar-refractivity contribution in [3.8, 4) is 0 Å². The molecular weight excluding hydrogens is 290 g/mol. The number of hydrogen-bond acceptors (Lipinski definition) is 3. The summed E-state index contributed by atoms with van der Waals surface area (Å²) in [4.78, 5) is 20.3. The van der Waals surface area contributed by atoms with Crippen LogP contribution in [0.15, 0.2) is 12.3 Å². The predicted molar refractivity (Wildman–Crippen MR) is 88.4 cm³/mol. The Bertz CT molecular complexity index is 758. The van der Waals surface area contributed by atoms with Crippen molar-refractivity contribution in [2.75, 3.05) is 11.9 Å². The van der Waals surface area contributed by atoms with E-state index in [9.17, 15) is 4.79 Å². The maximum Gasteiger partial charge on any atom is 0.391 e. The molecule has 6 heteroatoms. The Morgan fingerprint density at radius 1 is 1.35 bits per heavy atom. The van der Waals surface area contributed by atoms with Crippen molar-refractivity contribution in [1.29, 1.82) is 0 Å². The normalized spacial score (nSPS) is 19.9. The van der Waals surface area contributed by atoms with E-state index in [-0.39, 0.29) is 11.4 Å². The predicted octanol–water partition coefficient (Wildman–Crippen LogP) is 2.07. The summed E-state index contributed by atoms with van der Waals surface area (Å²) >= 11 is 0. The molecule has 0 radical (unpaired) electrons. The van der Waals surface area contributed by atoms with Crippen molar-refractivity contribution in [3.05, 3.63) is 18.0 Å². The average molecular weight is 314 g/mol. The number of carbonyl (C=O) groups is 1. The van der Waals surface area contributed by atoms with E-state index in [4.69, 9.17) is 4.98 Å². The number of H-pyrrole nitrogens is 1. The average Bonchev–Trinajstić information content (AvgIpc) is 2.92. The van der Waals surface area contributed by atoms with Gasteiger partial charge in [0.15, 0.2) is 0 Å². The van der Waals surface area contributed by atoms with E-state index >= 15 is 0 Å². The molecular formula is C17H24N5O+. The van der Waals surface area contributed by atoms with E-state index in [1.807, 2.05) is 12.3 Å². The van der Waals surface area contributed by atoms with Gasteiger partial charge in [-0.3, -0.25) is 14.7 Å². The Morgan fingerprint density at radius 2 is 2.13 bits per heavy atom. The third-order valence-corrected chi connectivity index (χ3v) is 5.08. The van der Waals surface area contributed by atoms with E-state index in [1.54, 1.807) is 0 Å². The number of hydrogen-bond donors (Lipinski definition) is 2. The highest BCUT2D eigenvalue weighted by Crippen LogP contribution is 2.40. The minimum Gasteiger partial charge on any atom is -0.348 e. The molecule has 122 valence electrons. The standard InChI is InChI=1S/C17H23N5O/c1-11(2)20-16-18-9-12-8-13-15(23)19-10-17(6-4-3-5-7-17)22(13)14(12)21-16/h8-9,11H,3-7,10H2,1-2H3,(H,19,23)(H,18,20,21)/p+1. The lowest BCUT2D eigenvalue weighted by atomic mass is 9.80. The summed E-state index contributed by atoms with van der Waals surface area (Å²) in [7, 11) is 0. The highest BCUT2D eigenvalue weighted by molar-refractivity contribution is 5.99. The summed E-state index contributed by atoms with van der Waals surface area (Å²) in [6.07, 6.45) is 7.87. The monoisotopic (exact) mass is 314 g/mol. The quantitative estimate of drug-likeness (QED) is 0.891. The zero-order valence-electron chi connectivity index (χ0n) is 13.8. The van der Waals surface area contributed by atoms with Crippen LogP contribution >= 0.6 is 0 Å². The highest BCUT2D eigenvalue weighted by atomic mass is 16.2. The molecule has 2 aromatic rings. The molecule has 1 aliphatic heterocycles. The number of nitrogens with zero attached hydrogens (tertiary/aromatic N) is 2. The molecule has 2 aliphatic rings. The minimum atomic E-state index is -0.00724. The van der Waals surface area contributed by atoms with Gasteiger partial charge in [-0.2, -0.15) is 0 Å². The van der Waals surface area contributed by atoms with Gasteiger partial charge < -0.3 is 5.32 Å². The number of amides is 1.